The van der Waals surface area contributed by atoms with E-state index >= 15 is 0 Å². The highest BCUT2D eigenvalue weighted by atomic mass is 16.2. The average Bonchev–Trinajstić information content (AvgIpc) is 1.68. The zero-order valence-electron chi connectivity index (χ0n) is 4.81. The van der Waals surface area contributed by atoms with Crippen LogP contribution in [0.5, 0.6) is 0 Å². The Balaban J connectivity index is 3.17. The molecule has 0 atom stereocenters. The smallest absolute Gasteiger partial charge is 0.0483 e. The quantitative estimate of drug-likeness (QED) is 0.503. The number of hydrogen-bond donors (Lipinski definition) is 1. The Morgan fingerprint density at radius 3 is 2.43 bits per heavy atom. The fourth-order valence-electron chi connectivity index (χ4n) is 0.274. The number of hydrogen-bond acceptors (Lipinski definition) is 2. The second-order valence-corrected chi connectivity index (χ2v) is 1.43. The number of rotatable bonds is 2. The zero-order chi connectivity index (χ0) is 5.70. The molecule has 0 saturated heterocycles. The molecule has 0 aromatic rings. The van der Waals surface area contributed by atoms with Crippen LogP contribution in [0, 0.1) is 0 Å². The second-order valence-electron chi connectivity index (χ2n) is 1.43. The monoisotopic (exact) mass is 101 g/mol. The third-order valence-electron chi connectivity index (χ3n) is 0.855. The molecule has 0 amide bonds. The van der Waals surface area contributed by atoms with E-state index < -0.39 is 0 Å². The summed E-state index contributed by atoms with van der Waals surface area (Å²) in [6.07, 6.45) is 0.705. The molecule has 7 heavy (non-hydrogen) atoms. The Kier molecular flexibility index (Phi) is 3.61. The van der Waals surface area contributed by atoms with Crippen LogP contribution < -0.4 is 0 Å². The summed E-state index contributed by atoms with van der Waals surface area (Å²) in [5, 5.41) is 8.29. The molecule has 0 aromatic heterocycles. The molecule has 2 nitrogen and oxygen atoms in total. The lowest BCUT2D eigenvalue weighted by Gasteiger charge is -1.89. The first-order valence-corrected chi connectivity index (χ1v) is 2.34. The van der Waals surface area contributed by atoms with Crippen LogP contribution in [-0.4, -0.2) is 24.5 Å². The fourth-order valence-corrected chi connectivity index (χ4v) is 0.274. The first kappa shape index (κ1) is 6.63. The minimum Gasteiger partial charge on any atom is -0.396 e. The van der Waals surface area contributed by atoms with Crippen LogP contribution in [0.3, 0.4) is 0 Å². The molecule has 0 radical (unpaired) electrons. The third kappa shape index (κ3) is 3.46. The molecule has 42 valence electrons. The van der Waals surface area contributed by atoms with Crippen molar-refractivity contribution in [2.45, 2.75) is 13.3 Å². The molecule has 0 fully saturated rings. The third-order valence-corrected chi connectivity index (χ3v) is 0.855. The van der Waals surface area contributed by atoms with Crippen molar-refractivity contribution < 1.29 is 5.11 Å². The SMILES string of the molecule is C/N=C(/C)CCO. The summed E-state index contributed by atoms with van der Waals surface area (Å²) < 4.78 is 0. The van der Waals surface area contributed by atoms with Gasteiger partial charge in [0.05, 0.1) is 0 Å². The number of nitrogens with zero attached hydrogens (tertiary/aromatic N) is 1. The van der Waals surface area contributed by atoms with E-state index in [1.807, 2.05) is 6.92 Å². The molecule has 0 spiro atoms. The summed E-state index contributed by atoms with van der Waals surface area (Å²) in [4.78, 5) is 3.83. The van der Waals surface area contributed by atoms with E-state index in [0.717, 1.165) is 5.71 Å². The molecule has 0 aromatic carbocycles. The lowest BCUT2D eigenvalue weighted by molar-refractivity contribution is 0.307. The van der Waals surface area contributed by atoms with Crippen LogP contribution >= 0.6 is 0 Å². The van der Waals surface area contributed by atoms with Gasteiger partial charge in [-0.05, 0) is 6.92 Å². The Morgan fingerprint density at radius 2 is 2.29 bits per heavy atom. The van der Waals surface area contributed by atoms with E-state index in [0.29, 0.717) is 6.42 Å². The maximum absolute atomic E-state index is 8.29. The van der Waals surface area contributed by atoms with Gasteiger partial charge in [0.2, 0.25) is 0 Å². The van der Waals surface area contributed by atoms with Gasteiger partial charge in [0, 0.05) is 25.8 Å². The standard InChI is InChI=1S/C5H11NO/c1-5(6-2)3-4-7/h7H,3-4H2,1-2H3/b6-5-. The van der Waals surface area contributed by atoms with Crippen molar-refractivity contribution in [2.24, 2.45) is 4.99 Å². The topological polar surface area (TPSA) is 32.6 Å². The van der Waals surface area contributed by atoms with Gasteiger partial charge in [-0.25, -0.2) is 0 Å². The summed E-state index contributed by atoms with van der Waals surface area (Å²) >= 11 is 0. The van der Waals surface area contributed by atoms with Crippen molar-refractivity contribution in [3.8, 4) is 0 Å². The van der Waals surface area contributed by atoms with Crippen LogP contribution in [0.1, 0.15) is 13.3 Å². The van der Waals surface area contributed by atoms with Crippen molar-refractivity contribution in [2.75, 3.05) is 13.7 Å². The number of aliphatic hydroxyl groups is 1. The van der Waals surface area contributed by atoms with Crippen molar-refractivity contribution in [1.82, 2.24) is 0 Å². The Morgan fingerprint density at radius 1 is 1.71 bits per heavy atom. The summed E-state index contributed by atoms with van der Waals surface area (Å²) in [6, 6.07) is 0. The van der Waals surface area contributed by atoms with E-state index in [4.69, 9.17) is 5.11 Å². The molecule has 0 aliphatic rings. The lowest BCUT2D eigenvalue weighted by Crippen LogP contribution is -1.93. The molecule has 0 unspecified atom stereocenters. The minimum atomic E-state index is 0.211. The van der Waals surface area contributed by atoms with Gasteiger partial charge in [0.1, 0.15) is 0 Å². The van der Waals surface area contributed by atoms with E-state index in [-0.39, 0.29) is 6.61 Å². The van der Waals surface area contributed by atoms with Gasteiger partial charge in [-0.1, -0.05) is 0 Å². The molecule has 0 aliphatic carbocycles. The number of aliphatic hydroxyl groups excluding tert-OH is 1. The highest BCUT2D eigenvalue weighted by Gasteiger charge is 1.82. The summed E-state index contributed by atoms with van der Waals surface area (Å²) in [5.74, 6) is 0. The van der Waals surface area contributed by atoms with Gasteiger partial charge >= 0.3 is 0 Å². The van der Waals surface area contributed by atoms with Gasteiger partial charge < -0.3 is 5.11 Å². The molecule has 0 bridgehead atoms. The predicted molar refractivity (Wildman–Crippen MR) is 30.7 cm³/mol. The van der Waals surface area contributed by atoms with Crippen molar-refractivity contribution in [3.63, 3.8) is 0 Å². The van der Waals surface area contributed by atoms with Crippen LogP contribution in [0.15, 0.2) is 4.99 Å². The van der Waals surface area contributed by atoms with E-state index in [2.05, 4.69) is 4.99 Å². The maximum atomic E-state index is 8.29. The molecule has 0 rings (SSSR count). The average molecular weight is 101 g/mol. The fraction of sp³-hybridized carbons (Fsp3) is 0.800. The Bertz CT molecular complexity index is 68.5. The van der Waals surface area contributed by atoms with Gasteiger partial charge in [-0.3, -0.25) is 4.99 Å². The Labute approximate surface area is 43.9 Å². The molecule has 1 N–H and O–H groups in total. The summed E-state index contributed by atoms with van der Waals surface area (Å²) in [6.45, 7) is 2.11. The van der Waals surface area contributed by atoms with E-state index in [1.54, 1.807) is 7.05 Å². The van der Waals surface area contributed by atoms with Crippen LogP contribution in [0.25, 0.3) is 0 Å². The highest BCUT2D eigenvalue weighted by Crippen LogP contribution is 1.80. The largest absolute Gasteiger partial charge is 0.396 e. The summed E-state index contributed by atoms with van der Waals surface area (Å²) in [7, 11) is 1.73. The van der Waals surface area contributed by atoms with Gasteiger partial charge in [0.15, 0.2) is 0 Å². The Hall–Kier alpha value is -0.370. The maximum Gasteiger partial charge on any atom is 0.0483 e. The van der Waals surface area contributed by atoms with Crippen molar-refractivity contribution in [1.29, 1.82) is 0 Å². The first-order valence-electron chi connectivity index (χ1n) is 2.34. The molecule has 0 saturated carbocycles. The van der Waals surface area contributed by atoms with Gasteiger partial charge in [-0.15, -0.1) is 0 Å². The molecule has 0 heterocycles. The van der Waals surface area contributed by atoms with Crippen LogP contribution in [0.4, 0.5) is 0 Å². The number of aliphatic imine (C=N–C) groups is 1. The van der Waals surface area contributed by atoms with Gasteiger partial charge in [0.25, 0.3) is 0 Å². The highest BCUT2D eigenvalue weighted by molar-refractivity contribution is 5.81. The van der Waals surface area contributed by atoms with E-state index in [9.17, 15) is 0 Å². The van der Waals surface area contributed by atoms with Crippen LogP contribution in [-0.2, 0) is 0 Å². The van der Waals surface area contributed by atoms with Crippen molar-refractivity contribution >= 4 is 5.71 Å². The van der Waals surface area contributed by atoms with Crippen LogP contribution in [0.2, 0.25) is 0 Å². The summed E-state index contributed by atoms with van der Waals surface area (Å²) in [5.41, 5.74) is 1.00. The first-order chi connectivity index (χ1) is 3.31. The van der Waals surface area contributed by atoms with Crippen molar-refractivity contribution in [3.05, 3.63) is 0 Å². The second kappa shape index (κ2) is 3.81. The normalized spacial score (nSPS) is 12.1. The predicted octanol–water partition coefficient (Wildman–Crippen LogP) is 0.460. The zero-order valence-corrected chi connectivity index (χ0v) is 4.81. The minimum absolute atomic E-state index is 0.211. The lowest BCUT2D eigenvalue weighted by atomic mass is 10.3. The molecular formula is C5H11NO. The molecular weight excluding hydrogens is 90.1 g/mol. The molecule has 0 aliphatic heterocycles. The van der Waals surface area contributed by atoms with Gasteiger partial charge in [-0.2, -0.15) is 0 Å². The van der Waals surface area contributed by atoms with E-state index in [1.165, 1.54) is 0 Å². The molecule has 2 heteroatoms.